The number of phenols is 1. The molecule has 0 spiro atoms. The van der Waals surface area contributed by atoms with Crippen molar-refractivity contribution in [2.75, 3.05) is 7.11 Å². The molecule has 2 N–H and O–H groups in total. The van der Waals surface area contributed by atoms with Crippen LogP contribution in [0.1, 0.15) is 16.7 Å². The molecule has 0 amide bonds. The van der Waals surface area contributed by atoms with Gasteiger partial charge in [0.25, 0.3) is 0 Å². The lowest BCUT2D eigenvalue weighted by Crippen LogP contribution is -2.12. The van der Waals surface area contributed by atoms with E-state index in [1.807, 2.05) is 19.9 Å². The molecule has 0 fully saturated rings. The number of aryl methyl sites for hydroxylation is 1. The molecule has 0 saturated carbocycles. The fourth-order valence-electron chi connectivity index (χ4n) is 1.29. The molecular formula is C10H14BrNO2. The summed E-state index contributed by atoms with van der Waals surface area (Å²) in [6.45, 7) is 4.32. The number of hydroxylamine groups is 1. The summed E-state index contributed by atoms with van der Waals surface area (Å²) < 4.78 is 1.00. The predicted octanol–water partition coefficient (Wildman–Crippen LogP) is 2.42. The van der Waals surface area contributed by atoms with Crippen molar-refractivity contribution < 1.29 is 9.94 Å². The highest BCUT2D eigenvalue weighted by Crippen LogP contribution is 2.31. The molecule has 0 unspecified atom stereocenters. The molecule has 0 aromatic heterocycles. The van der Waals surface area contributed by atoms with Gasteiger partial charge in [-0.2, -0.15) is 5.48 Å². The Hall–Kier alpha value is -0.580. The highest BCUT2D eigenvalue weighted by atomic mass is 79.9. The van der Waals surface area contributed by atoms with E-state index >= 15 is 0 Å². The van der Waals surface area contributed by atoms with Crippen LogP contribution in [0.25, 0.3) is 0 Å². The minimum atomic E-state index is 0.329. The third-order valence-electron chi connectivity index (χ3n) is 2.21. The van der Waals surface area contributed by atoms with Crippen LogP contribution in [0.15, 0.2) is 10.5 Å². The minimum Gasteiger partial charge on any atom is -0.507 e. The second-order valence-corrected chi connectivity index (χ2v) is 4.01. The third kappa shape index (κ3) is 2.26. The van der Waals surface area contributed by atoms with Gasteiger partial charge < -0.3 is 9.94 Å². The van der Waals surface area contributed by atoms with E-state index in [-0.39, 0.29) is 0 Å². The Morgan fingerprint density at radius 1 is 1.50 bits per heavy atom. The number of aromatic hydroxyl groups is 1. The van der Waals surface area contributed by atoms with Crippen LogP contribution in [-0.4, -0.2) is 12.2 Å². The van der Waals surface area contributed by atoms with E-state index < -0.39 is 0 Å². The lowest BCUT2D eigenvalue weighted by Gasteiger charge is -2.12. The molecule has 4 heteroatoms. The average molecular weight is 260 g/mol. The monoisotopic (exact) mass is 259 g/mol. The van der Waals surface area contributed by atoms with Crippen LogP contribution in [0.2, 0.25) is 0 Å². The first kappa shape index (κ1) is 11.5. The van der Waals surface area contributed by atoms with E-state index in [4.69, 9.17) is 4.84 Å². The summed E-state index contributed by atoms with van der Waals surface area (Å²) in [7, 11) is 1.55. The molecule has 3 nitrogen and oxygen atoms in total. The molecular weight excluding hydrogens is 246 g/mol. The number of hydrogen-bond donors (Lipinski definition) is 2. The Morgan fingerprint density at radius 2 is 2.14 bits per heavy atom. The van der Waals surface area contributed by atoms with E-state index in [1.54, 1.807) is 7.11 Å². The van der Waals surface area contributed by atoms with Crippen molar-refractivity contribution in [1.82, 2.24) is 5.48 Å². The van der Waals surface area contributed by atoms with Crippen molar-refractivity contribution in [3.63, 3.8) is 0 Å². The van der Waals surface area contributed by atoms with Crippen molar-refractivity contribution in [1.29, 1.82) is 0 Å². The lowest BCUT2D eigenvalue weighted by atomic mass is 10.0. The summed E-state index contributed by atoms with van der Waals surface area (Å²) in [5.41, 5.74) is 5.46. The molecule has 0 aliphatic rings. The van der Waals surface area contributed by atoms with Gasteiger partial charge >= 0.3 is 0 Å². The number of benzene rings is 1. The van der Waals surface area contributed by atoms with Gasteiger partial charge in [-0.15, -0.1) is 0 Å². The second kappa shape index (κ2) is 4.77. The number of hydrogen-bond acceptors (Lipinski definition) is 3. The molecule has 0 aliphatic carbocycles. The summed E-state index contributed by atoms with van der Waals surface area (Å²) in [6.07, 6.45) is 0. The molecule has 1 rings (SSSR count). The number of nitrogens with one attached hydrogen (secondary N) is 1. The first-order valence-electron chi connectivity index (χ1n) is 4.31. The quantitative estimate of drug-likeness (QED) is 0.820. The summed E-state index contributed by atoms with van der Waals surface area (Å²) in [5, 5.41) is 9.81. The van der Waals surface area contributed by atoms with Crippen LogP contribution in [0, 0.1) is 13.8 Å². The Balaban J connectivity index is 3.11. The zero-order chi connectivity index (χ0) is 10.7. The topological polar surface area (TPSA) is 41.5 Å². The Morgan fingerprint density at radius 3 is 2.71 bits per heavy atom. The largest absolute Gasteiger partial charge is 0.507 e. The SMILES string of the molecule is CONCc1c(C)c(Br)cc(C)c1O. The van der Waals surface area contributed by atoms with Crippen molar-refractivity contribution in [3.05, 3.63) is 27.2 Å². The Labute approximate surface area is 92.2 Å². The van der Waals surface area contributed by atoms with Gasteiger partial charge in [0.2, 0.25) is 0 Å². The van der Waals surface area contributed by atoms with Crippen molar-refractivity contribution >= 4 is 15.9 Å². The molecule has 0 aliphatic heterocycles. The van der Waals surface area contributed by atoms with Gasteiger partial charge in [0.15, 0.2) is 0 Å². The average Bonchev–Trinajstić information content (AvgIpc) is 2.15. The maximum absolute atomic E-state index is 9.81. The first-order valence-corrected chi connectivity index (χ1v) is 5.10. The fourth-order valence-corrected chi connectivity index (χ4v) is 1.87. The summed E-state index contributed by atoms with van der Waals surface area (Å²) in [6, 6.07) is 1.90. The molecule has 0 radical (unpaired) electrons. The van der Waals surface area contributed by atoms with Crippen molar-refractivity contribution in [2.24, 2.45) is 0 Å². The van der Waals surface area contributed by atoms with Crippen molar-refractivity contribution in [3.8, 4) is 5.75 Å². The summed E-state index contributed by atoms with van der Waals surface area (Å²) in [4.78, 5) is 4.76. The molecule has 0 saturated heterocycles. The van der Waals surface area contributed by atoms with Gasteiger partial charge in [-0.3, -0.25) is 0 Å². The van der Waals surface area contributed by atoms with Crippen LogP contribution < -0.4 is 5.48 Å². The van der Waals surface area contributed by atoms with Gasteiger partial charge in [-0.25, -0.2) is 0 Å². The standard InChI is InChI=1S/C10H14BrNO2/c1-6-4-9(11)7(2)8(10(6)13)5-12-14-3/h4,12-13H,5H2,1-3H3. The zero-order valence-corrected chi connectivity index (χ0v) is 10.1. The summed E-state index contributed by atoms with van der Waals surface area (Å²) >= 11 is 3.44. The Bertz CT molecular complexity index is 313. The number of halogens is 1. The van der Waals surface area contributed by atoms with E-state index in [2.05, 4.69) is 21.4 Å². The zero-order valence-electron chi connectivity index (χ0n) is 8.52. The molecule has 14 heavy (non-hydrogen) atoms. The van der Waals surface area contributed by atoms with E-state index in [1.165, 1.54) is 0 Å². The maximum Gasteiger partial charge on any atom is 0.123 e. The van der Waals surface area contributed by atoms with Crippen LogP contribution in [-0.2, 0) is 11.4 Å². The van der Waals surface area contributed by atoms with Crippen LogP contribution in [0.3, 0.4) is 0 Å². The van der Waals surface area contributed by atoms with Gasteiger partial charge in [0.05, 0.1) is 7.11 Å². The van der Waals surface area contributed by atoms with E-state index in [9.17, 15) is 5.11 Å². The predicted molar refractivity (Wildman–Crippen MR) is 59.1 cm³/mol. The number of phenolic OH excluding ortho intramolecular Hbond substituents is 1. The van der Waals surface area contributed by atoms with E-state index in [0.717, 1.165) is 21.2 Å². The molecule has 1 aromatic rings. The molecule has 0 heterocycles. The van der Waals surface area contributed by atoms with Gasteiger partial charge in [0.1, 0.15) is 5.75 Å². The Kier molecular flexibility index (Phi) is 3.92. The van der Waals surface area contributed by atoms with Gasteiger partial charge in [-0.05, 0) is 31.0 Å². The van der Waals surface area contributed by atoms with Gasteiger partial charge in [-0.1, -0.05) is 15.9 Å². The number of rotatable bonds is 3. The highest BCUT2D eigenvalue weighted by Gasteiger charge is 2.10. The molecule has 0 bridgehead atoms. The second-order valence-electron chi connectivity index (χ2n) is 3.15. The normalized spacial score (nSPS) is 10.6. The molecule has 78 valence electrons. The minimum absolute atomic E-state index is 0.329. The molecule has 0 atom stereocenters. The van der Waals surface area contributed by atoms with Gasteiger partial charge in [0, 0.05) is 16.6 Å². The maximum atomic E-state index is 9.81. The molecule has 1 aromatic carbocycles. The van der Waals surface area contributed by atoms with Crippen LogP contribution in [0.4, 0.5) is 0 Å². The first-order chi connectivity index (χ1) is 6.57. The van der Waals surface area contributed by atoms with Crippen LogP contribution >= 0.6 is 15.9 Å². The fraction of sp³-hybridized carbons (Fsp3) is 0.400. The van der Waals surface area contributed by atoms with Crippen molar-refractivity contribution in [2.45, 2.75) is 20.4 Å². The highest BCUT2D eigenvalue weighted by molar-refractivity contribution is 9.10. The van der Waals surface area contributed by atoms with E-state index in [0.29, 0.717) is 12.3 Å². The van der Waals surface area contributed by atoms with Crippen LogP contribution in [0.5, 0.6) is 5.75 Å². The third-order valence-corrected chi connectivity index (χ3v) is 3.03. The smallest absolute Gasteiger partial charge is 0.123 e. The summed E-state index contributed by atoms with van der Waals surface area (Å²) in [5.74, 6) is 0.329. The lowest BCUT2D eigenvalue weighted by molar-refractivity contribution is 0.0860.